The van der Waals surface area contributed by atoms with Crippen molar-refractivity contribution < 1.29 is 4.74 Å². The summed E-state index contributed by atoms with van der Waals surface area (Å²) in [5.74, 6) is 0. The Morgan fingerprint density at radius 2 is 2.32 bits per heavy atom. The van der Waals surface area contributed by atoms with Gasteiger partial charge in [0.1, 0.15) is 4.99 Å². The lowest BCUT2D eigenvalue weighted by molar-refractivity contribution is 0.115. The van der Waals surface area contributed by atoms with Gasteiger partial charge in [-0.05, 0) is 38.3 Å². The third-order valence-electron chi connectivity index (χ3n) is 3.65. The molecule has 1 aliphatic heterocycles. The standard InChI is InChI=1S/C15H22N2OS/c1-3-17(10-12-7-5-9-18-12)14-11(2)6-4-8-13(14)15(16)19/h4,6,8,12H,3,5,7,9-10H2,1-2H3,(H2,16,19). The van der Waals surface area contributed by atoms with Crippen LogP contribution in [0.15, 0.2) is 18.2 Å². The number of thiocarbonyl (C=S) groups is 1. The molecule has 2 rings (SSSR count). The molecule has 1 atom stereocenters. The molecule has 0 spiro atoms. The van der Waals surface area contributed by atoms with Crippen LogP contribution in [0, 0.1) is 6.92 Å². The Bertz CT molecular complexity index is 455. The molecule has 19 heavy (non-hydrogen) atoms. The van der Waals surface area contributed by atoms with Gasteiger partial charge < -0.3 is 15.4 Å². The minimum Gasteiger partial charge on any atom is -0.389 e. The monoisotopic (exact) mass is 278 g/mol. The maximum absolute atomic E-state index is 5.86. The number of benzene rings is 1. The van der Waals surface area contributed by atoms with E-state index in [0.29, 0.717) is 11.1 Å². The van der Waals surface area contributed by atoms with Crippen LogP contribution in [0.1, 0.15) is 30.9 Å². The third-order valence-corrected chi connectivity index (χ3v) is 3.87. The molecule has 0 aliphatic carbocycles. The summed E-state index contributed by atoms with van der Waals surface area (Å²) in [7, 11) is 0. The molecule has 4 heteroatoms. The maximum Gasteiger partial charge on any atom is 0.106 e. The second-order valence-electron chi connectivity index (χ2n) is 5.01. The topological polar surface area (TPSA) is 38.5 Å². The Morgan fingerprint density at radius 3 is 2.89 bits per heavy atom. The molecule has 1 aromatic rings. The van der Waals surface area contributed by atoms with Gasteiger partial charge in [0.15, 0.2) is 0 Å². The van der Waals surface area contributed by atoms with Crippen LogP contribution in [0.25, 0.3) is 0 Å². The molecule has 0 saturated carbocycles. The van der Waals surface area contributed by atoms with Crippen LogP contribution in [0.2, 0.25) is 0 Å². The number of likely N-dealkylation sites (N-methyl/N-ethyl adjacent to an activating group) is 1. The average molecular weight is 278 g/mol. The number of ether oxygens (including phenoxy) is 1. The van der Waals surface area contributed by atoms with E-state index in [-0.39, 0.29) is 0 Å². The van der Waals surface area contributed by atoms with Gasteiger partial charge in [0.05, 0.1) is 6.10 Å². The fourth-order valence-electron chi connectivity index (χ4n) is 2.69. The van der Waals surface area contributed by atoms with Gasteiger partial charge in [-0.15, -0.1) is 0 Å². The Morgan fingerprint density at radius 1 is 1.53 bits per heavy atom. The van der Waals surface area contributed by atoms with Crippen LogP contribution < -0.4 is 10.6 Å². The summed E-state index contributed by atoms with van der Waals surface area (Å²) in [6, 6.07) is 6.12. The first-order valence-corrected chi connectivity index (χ1v) is 7.30. The highest BCUT2D eigenvalue weighted by atomic mass is 32.1. The third kappa shape index (κ3) is 3.25. The quantitative estimate of drug-likeness (QED) is 0.840. The first kappa shape index (κ1) is 14.3. The van der Waals surface area contributed by atoms with Crippen molar-refractivity contribution in [2.75, 3.05) is 24.6 Å². The van der Waals surface area contributed by atoms with Crippen molar-refractivity contribution in [2.45, 2.75) is 32.8 Å². The van der Waals surface area contributed by atoms with Gasteiger partial charge in [0.25, 0.3) is 0 Å². The number of para-hydroxylation sites is 1. The second kappa shape index (κ2) is 6.35. The number of aryl methyl sites for hydroxylation is 1. The van der Waals surface area contributed by atoms with Gasteiger partial charge in [-0.3, -0.25) is 0 Å². The number of nitrogens with zero attached hydrogens (tertiary/aromatic N) is 1. The Labute approximate surface area is 120 Å². The summed E-state index contributed by atoms with van der Waals surface area (Å²) in [4.78, 5) is 2.80. The SMILES string of the molecule is CCN(CC1CCCO1)c1c(C)cccc1C(N)=S. The molecule has 0 amide bonds. The maximum atomic E-state index is 5.86. The summed E-state index contributed by atoms with van der Waals surface area (Å²) < 4.78 is 5.74. The van der Waals surface area contributed by atoms with Gasteiger partial charge in [-0.25, -0.2) is 0 Å². The zero-order valence-electron chi connectivity index (χ0n) is 11.7. The predicted molar refractivity (Wildman–Crippen MR) is 83.9 cm³/mol. The molecule has 1 aromatic carbocycles. The molecule has 0 radical (unpaired) electrons. The van der Waals surface area contributed by atoms with Crippen LogP contribution in [-0.2, 0) is 4.74 Å². The molecule has 0 bridgehead atoms. The molecule has 0 aromatic heterocycles. The lowest BCUT2D eigenvalue weighted by Crippen LogP contribution is -2.34. The van der Waals surface area contributed by atoms with Crippen molar-refractivity contribution in [3.05, 3.63) is 29.3 Å². The Hall–Kier alpha value is -1.13. The Kier molecular flexibility index (Phi) is 4.77. The van der Waals surface area contributed by atoms with Gasteiger partial charge >= 0.3 is 0 Å². The van der Waals surface area contributed by atoms with Crippen LogP contribution >= 0.6 is 12.2 Å². The second-order valence-corrected chi connectivity index (χ2v) is 5.45. The summed E-state index contributed by atoms with van der Waals surface area (Å²) in [6.07, 6.45) is 2.64. The molecule has 2 N–H and O–H groups in total. The summed E-state index contributed by atoms with van der Waals surface area (Å²) >= 11 is 5.18. The van der Waals surface area contributed by atoms with Crippen molar-refractivity contribution in [3.63, 3.8) is 0 Å². The van der Waals surface area contributed by atoms with E-state index in [1.165, 1.54) is 5.56 Å². The van der Waals surface area contributed by atoms with E-state index >= 15 is 0 Å². The van der Waals surface area contributed by atoms with E-state index < -0.39 is 0 Å². The van der Waals surface area contributed by atoms with Crippen LogP contribution in [-0.4, -0.2) is 30.8 Å². The van der Waals surface area contributed by atoms with Crippen LogP contribution in [0.4, 0.5) is 5.69 Å². The first-order chi connectivity index (χ1) is 9.13. The number of nitrogens with two attached hydrogens (primary N) is 1. The predicted octanol–water partition coefficient (Wildman–Crippen LogP) is 2.63. The van der Waals surface area contributed by atoms with Gasteiger partial charge in [0.2, 0.25) is 0 Å². The molecular formula is C15H22N2OS. The van der Waals surface area contributed by atoms with Crippen molar-refractivity contribution in [2.24, 2.45) is 5.73 Å². The minimum absolute atomic E-state index is 0.332. The molecule has 3 nitrogen and oxygen atoms in total. The molecule has 1 saturated heterocycles. The van der Waals surface area contributed by atoms with E-state index in [2.05, 4.69) is 24.8 Å². The minimum atomic E-state index is 0.332. The fraction of sp³-hybridized carbons (Fsp3) is 0.533. The van der Waals surface area contributed by atoms with E-state index in [0.717, 1.165) is 43.8 Å². The summed E-state index contributed by atoms with van der Waals surface area (Å²) in [5.41, 5.74) is 9.20. The highest BCUT2D eigenvalue weighted by Crippen LogP contribution is 2.27. The summed E-state index contributed by atoms with van der Waals surface area (Å²) in [6.45, 7) is 7.00. The Balaban J connectivity index is 2.28. The highest BCUT2D eigenvalue weighted by molar-refractivity contribution is 7.80. The molecule has 104 valence electrons. The van der Waals surface area contributed by atoms with Gasteiger partial charge in [-0.2, -0.15) is 0 Å². The smallest absolute Gasteiger partial charge is 0.106 e. The molecule has 1 heterocycles. The van der Waals surface area contributed by atoms with Crippen molar-refractivity contribution in [3.8, 4) is 0 Å². The number of hydrogen-bond acceptors (Lipinski definition) is 3. The zero-order valence-corrected chi connectivity index (χ0v) is 12.5. The lowest BCUT2D eigenvalue weighted by atomic mass is 10.1. The van der Waals surface area contributed by atoms with E-state index in [4.69, 9.17) is 22.7 Å². The van der Waals surface area contributed by atoms with E-state index in [1.54, 1.807) is 0 Å². The van der Waals surface area contributed by atoms with E-state index in [9.17, 15) is 0 Å². The van der Waals surface area contributed by atoms with Crippen LogP contribution in [0.5, 0.6) is 0 Å². The van der Waals surface area contributed by atoms with Crippen molar-refractivity contribution in [1.29, 1.82) is 0 Å². The van der Waals surface area contributed by atoms with Crippen molar-refractivity contribution in [1.82, 2.24) is 0 Å². The fourth-order valence-corrected chi connectivity index (χ4v) is 2.85. The number of rotatable bonds is 5. The first-order valence-electron chi connectivity index (χ1n) is 6.89. The molecule has 1 fully saturated rings. The summed E-state index contributed by atoms with van der Waals surface area (Å²) in [5, 5.41) is 0. The lowest BCUT2D eigenvalue weighted by Gasteiger charge is -2.29. The highest BCUT2D eigenvalue weighted by Gasteiger charge is 2.21. The molecule has 1 unspecified atom stereocenters. The molecule has 1 aliphatic rings. The van der Waals surface area contributed by atoms with Gasteiger partial charge in [0, 0.05) is 30.9 Å². The zero-order chi connectivity index (χ0) is 13.8. The largest absolute Gasteiger partial charge is 0.389 e. The van der Waals surface area contributed by atoms with Crippen molar-refractivity contribution >= 4 is 22.9 Å². The average Bonchev–Trinajstić information content (AvgIpc) is 2.89. The van der Waals surface area contributed by atoms with E-state index in [1.807, 2.05) is 12.1 Å². The normalized spacial score (nSPS) is 18.5. The van der Waals surface area contributed by atoms with Crippen LogP contribution in [0.3, 0.4) is 0 Å². The number of anilines is 1. The molecular weight excluding hydrogens is 256 g/mol. The van der Waals surface area contributed by atoms with Gasteiger partial charge in [-0.1, -0.05) is 24.4 Å². The number of hydrogen-bond donors (Lipinski definition) is 1.